The van der Waals surface area contributed by atoms with Gasteiger partial charge in [-0.2, -0.15) is 5.10 Å². The van der Waals surface area contributed by atoms with Crippen LogP contribution >= 0.6 is 0 Å². The summed E-state index contributed by atoms with van der Waals surface area (Å²) in [5.74, 6) is -0.914. The molecule has 1 N–H and O–H groups in total. The fraction of sp³-hybridized carbons (Fsp3) is 0.312. The highest BCUT2D eigenvalue weighted by molar-refractivity contribution is 5.67. The molecular formula is C16H18N2O3. The van der Waals surface area contributed by atoms with Crippen LogP contribution in [0.5, 0.6) is 0 Å². The van der Waals surface area contributed by atoms with Gasteiger partial charge in [0, 0.05) is 24.6 Å². The van der Waals surface area contributed by atoms with Crippen molar-refractivity contribution in [2.24, 2.45) is 7.05 Å². The summed E-state index contributed by atoms with van der Waals surface area (Å²) in [6, 6.07) is 9.67. The number of aromatic nitrogens is 2. The maximum Gasteiger partial charge on any atom is 0.303 e. The number of nitrogens with zero attached hydrogens (tertiary/aromatic N) is 2. The van der Waals surface area contributed by atoms with Gasteiger partial charge in [0.05, 0.1) is 5.69 Å². The van der Waals surface area contributed by atoms with Crippen molar-refractivity contribution in [2.75, 3.05) is 0 Å². The second-order valence-corrected chi connectivity index (χ2v) is 4.93. The molecule has 0 saturated heterocycles. The van der Waals surface area contributed by atoms with E-state index >= 15 is 0 Å². The topological polar surface area (TPSA) is 72.2 Å². The molecule has 0 atom stereocenters. The lowest BCUT2D eigenvalue weighted by Crippen LogP contribution is -2.24. The van der Waals surface area contributed by atoms with Gasteiger partial charge in [0.15, 0.2) is 0 Å². The Morgan fingerprint density at radius 2 is 1.95 bits per heavy atom. The lowest BCUT2D eigenvalue weighted by atomic mass is 10.0. The molecule has 0 unspecified atom stereocenters. The van der Waals surface area contributed by atoms with Crippen molar-refractivity contribution in [3.05, 3.63) is 51.8 Å². The molecule has 110 valence electrons. The number of rotatable bonds is 5. The molecule has 1 heterocycles. The van der Waals surface area contributed by atoms with Crippen molar-refractivity contribution >= 4 is 5.97 Å². The fourth-order valence-corrected chi connectivity index (χ4v) is 2.14. The first kappa shape index (κ1) is 15.0. The molecule has 0 saturated carbocycles. The van der Waals surface area contributed by atoms with Crippen LogP contribution in [0.1, 0.15) is 24.5 Å². The number of aryl methyl sites for hydroxylation is 3. The predicted molar refractivity (Wildman–Crippen MR) is 80.2 cm³/mol. The smallest absolute Gasteiger partial charge is 0.303 e. The highest BCUT2D eigenvalue weighted by atomic mass is 16.4. The molecule has 5 heteroatoms. The van der Waals surface area contributed by atoms with Gasteiger partial charge < -0.3 is 5.11 Å². The highest BCUT2D eigenvalue weighted by Crippen LogP contribution is 2.18. The van der Waals surface area contributed by atoms with Crippen molar-refractivity contribution < 1.29 is 9.90 Å². The molecule has 5 nitrogen and oxygen atoms in total. The van der Waals surface area contributed by atoms with E-state index in [1.807, 2.05) is 24.3 Å². The molecule has 0 spiro atoms. The van der Waals surface area contributed by atoms with Crippen molar-refractivity contribution in [3.63, 3.8) is 0 Å². The summed E-state index contributed by atoms with van der Waals surface area (Å²) in [6.45, 7) is 2.09. The highest BCUT2D eigenvalue weighted by Gasteiger charge is 2.09. The van der Waals surface area contributed by atoms with Gasteiger partial charge in [0.2, 0.25) is 0 Å². The number of benzene rings is 1. The van der Waals surface area contributed by atoms with Gasteiger partial charge in [0.1, 0.15) is 0 Å². The largest absolute Gasteiger partial charge is 0.481 e. The van der Waals surface area contributed by atoms with E-state index < -0.39 is 5.97 Å². The van der Waals surface area contributed by atoms with Gasteiger partial charge in [-0.3, -0.25) is 9.59 Å². The van der Waals surface area contributed by atoms with Crippen LogP contribution in [0.2, 0.25) is 0 Å². The third-order valence-corrected chi connectivity index (χ3v) is 3.40. The second-order valence-electron chi connectivity index (χ2n) is 4.93. The zero-order valence-electron chi connectivity index (χ0n) is 12.2. The maximum atomic E-state index is 12.0. The van der Waals surface area contributed by atoms with E-state index in [1.54, 1.807) is 13.1 Å². The van der Waals surface area contributed by atoms with Crippen molar-refractivity contribution in [1.29, 1.82) is 0 Å². The number of carboxylic acid groups (broad SMARTS) is 1. The summed E-state index contributed by atoms with van der Waals surface area (Å²) in [5, 5.41) is 13.0. The normalized spacial score (nSPS) is 10.6. The summed E-state index contributed by atoms with van der Waals surface area (Å²) < 4.78 is 1.26. The van der Waals surface area contributed by atoms with E-state index in [0.717, 1.165) is 12.0 Å². The van der Waals surface area contributed by atoms with E-state index in [9.17, 15) is 9.59 Å². The molecule has 0 fully saturated rings. The number of carboxylic acids is 1. The molecule has 0 aliphatic carbocycles. The van der Waals surface area contributed by atoms with Crippen LogP contribution in [-0.4, -0.2) is 20.9 Å². The first-order valence-corrected chi connectivity index (χ1v) is 6.89. The Morgan fingerprint density at radius 1 is 1.29 bits per heavy atom. The van der Waals surface area contributed by atoms with Crippen LogP contribution in [0, 0.1) is 0 Å². The second kappa shape index (κ2) is 6.35. The van der Waals surface area contributed by atoms with E-state index in [0.29, 0.717) is 11.3 Å². The molecular weight excluding hydrogens is 268 g/mol. The van der Waals surface area contributed by atoms with Crippen LogP contribution < -0.4 is 5.56 Å². The van der Waals surface area contributed by atoms with E-state index in [2.05, 4.69) is 12.0 Å². The predicted octanol–water partition coefficient (Wildman–Crippen LogP) is 2.03. The van der Waals surface area contributed by atoms with Crippen LogP contribution in [-0.2, 0) is 24.7 Å². The Hall–Kier alpha value is -2.43. The molecule has 0 radical (unpaired) electrons. The number of carbonyl (C=O) groups is 1. The summed E-state index contributed by atoms with van der Waals surface area (Å²) in [5.41, 5.74) is 3.06. The zero-order chi connectivity index (χ0) is 15.4. The number of aliphatic carboxylic acids is 1. The average molecular weight is 286 g/mol. The third kappa shape index (κ3) is 3.56. The molecule has 0 amide bonds. The van der Waals surface area contributed by atoms with Crippen LogP contribution in [0.3, 0.4) is 0 Å². The average Bonchev–Trinajstić information content (AvgIpc) is 2.48. The lowest BCUT2D eigenvalue weighted by molar-refractivity contribution is -0.136. The third-order valence-electron chi connectivity index (χ3n) is 3.40. The summed E-state index contributed by atoms with van der Waals surface area (Å²) in [7, 11) is 1.58. The summed E-state index contributed by atoms with van der Waals surface area (Å²) in [4.78, 5) is 22.6. The molecule has 1 aromatic carbocycles. The Bertz CT molecular complexity index is 702. The molecule has 21 heavy (non-hydrogen) atoms. The summed E-state index contributed by atoms with van der Waals surface area (Å²) >= 11 is 0. The molecule has 1 aromatic heterocycles. The van der Waals surface area contributed by atoms with Crippen molar-refractivity contribution in [3.8, 4) is 11.3 Å². The molecule has 2 rings (SSSR count). The van der Waals surface area contributed by atoms with Gasteiger partial charge in [-0.25, -0.2) is 4.68 Å². The Morgan fingerprint density at radius 3 is 2.52 bits per heavy atom. The quantitative estimate of drug-likeness (QED) is 0.912. The van der Waals surface area contributed by atoms with Gasteiger partial charge in [0.25, 0.3) is 5.56 Å². The van der Waals surface area contributed by atoms with Crippen molar-refractivity contribution in [2.45, 2.75) is 26.2 Å². The molecule has 0 aliphatic heterocycles. The molecule has 2 aromatic rings. The minimum Gasteiger partial charge on any atom is -0.481 e. The lowest BCUT2D eigenvalue weighted by Gasteiger charge is -2.07. The van der Waals surface area contributed by atoms with Gasteiger partial charge >= 0.3 is 5.97 Å². The maximum absolute atomic E-state index is 12.0. The monoisotopic (exact) mass is 286 g/mol. The van der Waals surface area contributed by atoms with Crippen molar-refractivity contribution in [1.82, 2.24) is 9.78 Å². The standard InChI is InChI=1S/C16H18N2O3/c1-3-11-4-6-12(7-5-11)14-10-13(8-9-15(19)20)16(21)18(2)17-14/h4-7,10H,3,8-9H2,1-2H3,(H,19,20). The fourth-order valence-electron chi connectivity index (χ4n) is 2.14. The zero-order valence-corrected chi connectivity index (χ0v) is 12.2. The van der Waals surface area contributed by atoms with E-state index in [4.69, 9.17) is 5.11 Å². The van der Waals surface area contributed by atoms with Gasteiger partial charge in [-0.1, -0.05) is 31.2 Å². The summed E-state index contributed by atoms with van der Waals surface area (Å²) in [6.07, 6.45) is 1.11. The van der Waals surface area contributed by atoms with Gasteiger partial charge in [-0.15, -0.1) is 0 Å². The Kier molecular flexibility index (Phi) is 4.52. The Balaban J connectivity index is 2.39. The number of hydrogen-bond acceptors (Lipinski definition) is 3. The van der Waals surface area contributed by atoms with Crippen LogP contribution in [0.4, 0.5) is 0 Å². The van der Waals surface area contributed by atoms with Gasteiger partial charge in [-0.05, 0) is 24.5 Å². The SMILES string of the molecule is CCc1ccc(-c2cc(CCC(=O)O)c(=O)n(C)n2)cc1. The first-order valence-electron chi connectivity index (χ1n) is 6.89. The Labute approximate surface area is 122 Å². The first-order chi connectivity index (χ1) is 10.0. The van der Waals surface area contributed by atoms with Crippen LogP contribution in [0.25, 0.3) is 11.3 Å². The molecule has 0 aliphatic rings. The van der Waals surface area contributed by atoms with E-state index in [-0.39, 0.29) is 18.4 Å². The molecule has 0 bridgehead atoms. The minimum atomic E-state index is -0.914. The number of hydrogen-bond donors (Lipinski definition) is 1. The van der Waals surface area contributed by atoms with Crippen LogP contribution in [0.15, 0.2) is 35.1 Å². The van der Waals surface area contributed by atoms with E-state index in [1.165, 1.54) is 10.2 Å². The minimum absolute atomic E-state index is 0.0620.